The summed E-state index contributed by atoms with van der Waals surface area (Å²) in [4.78, 5) is 16.4. The van der Waals surface area contributed by atoms with Gasteiger partial charge in [0.2, 0.25) is 5.95 Å². The van der Waals surface area contributed by atoms with Crippen LogP contribution < -0.4 is 22.1 Å². The minimum Gasteiger partial charge on any atom is -0.364 e. The molecule has 9 heteroatoms. The number of carbonyl (C=O) groups is 1. The van der Waals surface area contributed by atoms with Gasteiger partial charge in [0.05, 0.1) is 5.52 Å². The quantitative estimate of drug-likeness (QED) is 0.520. The average molecular weight is 394 g/mol. The second-order valence-corrected chi connectivity index (χ2v) is 7.64. The summed E-state index contributed by atoms with van der Waals surface area (Å²) in [6.45, 7) is 2.04. The largest absolute Gasteiger partial charge is 0.364 e. The Hall–Kier alpha value is -3.20. The van der Waals surface area contributed by atoms with Gasteiger partial charge in [-0.3, -0.25) is 4.79 Å². The van der Waals surface area contributed by atoms with Gasteiger partial charge in [0.25, 0.3) is 5.91 Å². The molecule has 0 spiro atoms. The number of hydrogen-bond acceptors (Lipinski definition) is 7. The number of aryl methyl sites for hydroxylation is 2. The minimum absolute atomic E-state index is 0.00548. The third-order valence-electron chi connectivity index (χ3n) is 5.51. The zero-order valence-electron chi connectivity index (χ0n) is 16.6. The molecule has 0 bridgehead atoms. The molecule has 1 saturated carbocycles. The van der Waals surface area contributed by atoms with E-state index in [1.165, 1.54) is 0 Å². The molecule has 3 aromatic rings. The second kappa shape index (κ2) is 7.67. The zero-order chi connectivity index (χ0) is 20.5. The van der Waals surface area contributed by atoms with Crippen molar-refractivity contribution in [3.05, 3.63) is 35.7 Å². The molecule has 2 heterocycles. The van der Waals surface area contributed by atoms with Crippen LogP contribution in [0.2, 0.25) is 0 Å². The maximum absolute atomic E-state index is 11.9. The highest BCUT2D eigenvalue weighted by atomic mass is 16.1. The van der Waals surface area contributed by atoms with Crippen molar-refractivity contribution in [1.82, 2.24) is 19.7 Å². The molecule has 1 fully saturated rings. The first kappa shape index (κ1) is 19.1. The lowest BCUT2D eigenvalue weighted by atomic mass is 9.91. The summed E-state index contributed by atoms with van der Waals surface area (Å²) >= 11 is 0. The summed E-state index contributed by atoms with van der Waals surface area (Å²) in [5.41, 5.74) is 14.7. The molecule has 29 heavy (non-hydrogen) atoms. The summed E-state index contributed by atoms with van der Waals surface area (Å²) < 4.78 is 2.06. The average Bonchev–Trinajstić information content (AvgIpc) is 2.98. The smallest absolute Gasteiger partial charge is 0.273 e. The van der Waals surface area contributed by atoms with Crippen LogP contribution in [0.15, 0.2) is 24.4 Å². The molecule has 4 rings (SSSR count). The molecule has 152 valence electrons. The van der Waals surface area contributed by atoms with Gasteiger partial charge in [0.1, 0.15) is 0 Å². The highest BCUT2D eigenvalue weighted by Crippen LogP contribution is 2.30. The maximum Gasteiger partial charge on any atom is 0.273 e. The van der Waals surface area contributed by atoms with Crippen LogP contribution in [-0.2, 0) is 7.05 Å². The third kappa shape index (κ3) is 3.73. The highest BCUT2D eigenvalue weighted by Gasteiger charge is 2.24. The Bertz CT molecular complexity index is 1060. The van der Waals surface area contributed by atoms with E-state index < -0.39 is 5.91 Å². The minimum atomic E-state index is -0.689. The number of anilines is 3. The fourth-order valence-electron chi connectivity index (χ4n) is 4.05. The Morgan fingerprint density at radius 3 is 2.79 bits per heavy atom. The predicted octanol–water partition coefficient (Wildman–Crippen LogP) is 2.20. The van der Waals surface area contributed by atoms with E-state index in [2.05, 4.69) is 36.6 Å². The van der Waals surface area contributed by atoms with Crippen molar-refractivity contribution in [3.63, 3.8) is 0 Å². The van der Waals surface area contributed by atoms with Gasteiger partial charge in [-0.05, 0) is 37.5 Å². The second-order valence-electron chi connectivity index (χ2n) is 7.64. The molecular weight excluding hydrogens is 368 g/mol. The van der Waals surface area contributed by atoms with E-state index in [1.54, 1.807) is 0 Å². The number of amides is 1. The Labute approximate surface area is 168 Å². The highest BCUT2D eigenvalue weighted by molar-refractivity contribution is 6.00. The first-order chi connectivity index (χ1) is 13.9. The molecular formula is C20H26N8O. The zero-order valence-corrected chi connectivity index (χ0v) is 16.6. The van der Waals surface area contributed by atoms with Crippen LogP contribution in [0.25, 0.3) is 10.9 Å². The van der Waals surface area contributed by atoms with Crippen molar-refractivity contribution in [2.24, 2.45) is 18.5 Å². The van der Waals surface area contributed by atoms with Crippen molar-refractivity contribution in [1.29, 1.82) is 0 Å². The number of nitrogens with zero attached hydrogens (tertiary/aromatic N) is 4. The number of nitrogens with two attached hydrogens (primary N) is 2. The lowest BCUT2D eigenvalue weighted by molar-refractivity contribution is 0.0995. The van der Waals surface area contributed by atoms with Crippen LogP contribution in [0.1, 0.15) is 41.7 Å². The van der Waals surface area contributed by atoms with E-state index in [1.807, 2.05) is 32.2 Å². The Morgan fingerprint density at radius 1 is 1.24 bits per heavy atom. The fraction of sp³-hybridized carbons (Fsp3) is 0.400. The molecule has 2 aromatic heterocycles. The number of primary amides is 1. The van der Waals surface area contributed by atoms with E-state index in [9.17, 15) is 4.79 Å². The Morgan fingerprint density at radius 2 is 2.03 bits per heavy atom. The molecule has 0 unspecified atom stereocenters. The van der Waals surface area contributed by atoms with Gasteiger partial charge in [-0.15, -0.1) is 10.2 Å². The van der Waals surface area contributed by atoms with Crippen LogP contribution in [-0.4, -0.2) is 37.7 Å². The lowest BCUT2D eigenvalue weighted by Gasteiger charge is -2.29. The number of hydrogen-bond donors (Lipinski definition) is 4. The van der Waals surface area contributed by atoms with Crippen LogP contribution in [0, 0.1) is 6.92 Å². The van der Waals surface area contributed by atoms with Crippen LogP contribution in [0.4, 0.5) is 17.5 Å². The number of benzene rings is 1. The normalized spacial score (nSPS) is 19.3. The van der Waals surface area contributed by atoms with Crippen LogP contribution in [0.5, 0.6) is 0 Å². The van der Waals surface area contributed by atoms with E-state index in [4.69, 9.17) is 11.5 Å². The Balaban J connectivity index is 1.70. The van der Waals surface area contributed by atoms with E-state index in [0.717, 1.165) is 47.8 Å². The van der Waals surface area contributed by atoms with Gasteiger partial charge >= 0.3 is 0 Å². The van der Waals surface area contributed by atoms with Gasteiger partial charge in [0, 0.05) is 36.4 Å². The first-order valence-electron chi connectivity index (χ1n) is 9.82. The van der Waals surface area contributed by atoms with Gasteiger partial charge < -0.3 is 26.7 Å². The van der Waals surface area contributed by atoms with Gasteiger partial charge in [0.15, 0.2) is 11.5 Å². The van der Waals surface area contributed by atoms with Crippen LogP contribution in [0.3, 0.4) is 0 Å². The maximum atomic E-state index is 11.9. The summed E-state index contributed by atoms with van der Waals surface area (Å²) in [5, 5.41) is 15.6. The molecule has 9 nitrogen and oxygen atoms in total. The predicted molar refractivity (Wildman–Crippen MR) is 113 cm³/mol. The molecule has 1 aliphatic rings. The topological polar surface area (TPSA) is 137 Å². The summed E-state index contributed by atoms with van der Waals surface area (Å²) in [5.74, 6) is -0.0858. The lowest BCUT2D eigenvalue weighted by Crippen LogP contribution is -2.43. The third-order valence-corrected chi connectivity index (χ3v) is 5.51. The molecule has 1 aliphatic carbocycles. The van der Waals surface area contributed by atoms with Gasteiger partial charge in [-0.25, -0.2) is 0 Å². The Kier molecular flexibility index (Phi) is 5.06. The summed E-state index contributed by atoms with van der Waals surface area (Å²) in [7, 11) is 2.00. The fourth-order valence-corrected chi connectivity index (χ4v) is 4.05. The van der Waals surface area contributed by atoms with Crippen LogP contribution >= 0.6 is 0 Å². The standard InChI is InChI=1S/C20H26N8O/c1-11-10-28(2)15-9-5-8-14(16(11)15)23-19-17(18(22)29)26-27-20(25-19)24-13-7-4-3-6-12(13)21/h5,8-10,12-13H,3-4,6-7,21H2,1-2H3,(H2,22,29)(H2,23,24,25,27)/t12-,13+/m0/s1. The summed E-state index contributed by atoms with van der Waals surface area (Å²) in [6, 6.07) is 6.05. The molecule has 1 amide bonds. The molecule has 0 radical (unpaired) electrons. The van der Waals surface area contributed by atoms with Crippen molar-refractivity contribution in [2.75, 3.05) is 10.6 Å². The number of rotatable bonds is 5. The van der Waals surface area contributed by atoms with Crippen molar-refractivity contribution >= 4 is 34.3 Å². The molecule has 0 saturated heterocycles. The SMILES string of the molecule is Cc1cn(C)c2cccc(Nc3nc(N[C@@H]4CCCC[C@@H]4N)nnc3C(N)=O)c12. The molecule has 2 atom stereocenters. The van der Waals surface area contributed by atoms with Gasteiger partial charge in [-0.2, -0.15) is 4.98 Å². The monoisotopic (exact) mass is 394 g/mol. The van der Waals surface area contributed by atoms with Crippen molar-refractivity contribution < 1.29 is 4.79 Å². The van der Waals surface area contributed by atoms with E-state index in [-0.39, 0.29) is 23.6 Å². The summed E-state index contributed by atoms with van der Waals surface area (Å²) in [6.07, 6.45) is 6.21. The number of carbonyl (C=O) groups excluding carboxylic acids is 1. The van der Waals surface area contributed by atoms with Crippen molar-refractivity contribution in [3.8, 4) is 0 Å². The van der Waals surface area contributed by atoms with E-state index >= 15 is 0 Å². The van der Waals surface area contributed by atoms with E-state index in [0.29, 0.717) is 5.95 Å². The molecule has 1 aromatic carbocycles. The number of fused-ring (bicyclic) bond motifs is 1. The van der Waals surface area contributed by atoms with Crippen molar-refractivity contribution in [2.45, 2.75) is 44.7 Å². The molecule has 0 aliphatic heterocycles. The molecule has 6 N–H and O–H groups in total. The van der Waals surface area contributed by atoms with Gasteiger partial charge in [-0.1, -0.05) is 18.9 Å². The number of nitrogens with one attached hydrogen (secondary N) is 2. The number of aromatic nitrogens is 4. The first-order valence-corrected chi connectivity index (χ1v) is 9.82.